The van der Waals surface area contributed by atoms with Crippen LogP contribution in [0.25, 0.3) is 0 Å². The van der Waals surface area contributed by atoms with Crippen LogP contribution in [0.5, 0.6) is 5.75 Å². The van der Waals surface area contributed by atoms with E-state index in [-0.39, 0.29) is 18.9 Å². The quantitative estimate of drug-likeness (QED) is 0.782. The molecule has 0 radical (unpaired) electrons. The number of aromatic nitrogens is 1. The van der Waals surface area contributed by atoms with Crippen LogP contribution < -0.4 is 15.8 Å². The maximum absolute atomic E-state index is 11.6. The summed E-state index contributed by atoms with van der Waals surface area (Å²) in [6, 6.07) is 7.09. The molecule has 106 valence electrons. The largest absolute Gasteiger partial charge is 0.493 e. The van der Waals surface area contributed by atoms with E-state index >= 15 is 0 Å². The minimum Gasteiger partial charge on any atom is -0.493 e. The van der Waals surface area contributed by atoms with E-state index in [0.717, 1.165) is 5.76 Å². The molecule has 0 aliphatic carbocycles. The van der Waals surface area contributed by atoms with Crippen molar-refractivity contribution in [3.05, 3.63) is 42.1 Å². The van der Waals surface area contributed by atoms with Crippen LogP contribution in [-0.2, 0) is 11.3 Å². The van der Waals surface area contributed by atoms with Gasteiger partial charge in [-0.1, -0.05) is 6.07 Å². The summed E-state index contributed by atoms with van der Waals surface area (Å²) < 4.78 is 10.7. The highest BCUT2D eigenvalue weighted by molar-refractivity contribution is 5.75. The maximum atomic E-state index is 11.6. The lowest BCUT2D eigenvalue weighted by atomic mass is 10.3. The number of ether oxygens (including phenoxy) is 1. The first-order valence-corrected chi connectivity index (χ1v) is 6.30. The highest BCUT2D eigenvalue weighted by atomic mass is 16.5. The number of hydrogen-bond acceptors (Lipinski definition) is 5. The molecule has 3 N–H and O–H groups in total. The van der Waals surface area contributed by atoms with Gasteiger partial charge in [0.1, 0.15) is 11.5 Å². The normalized spacial score (nSPS) is 10.2. The van der Waals surface area contributed by atoms with Crippen LogP contribution in [0.3, 0.4) is 0 Å². The van der Waals surface area contributed by atoms with Gasteiger partial charge in [-0.25, -0.2) is 4.98 Å². The van der Waals surface area contributed by atoms with E-state index in [1.807, 2.05) is 0 Å². The number of benzene rings is 1. The van der Waals surface area contributed by atoms with Gasteiger partial charge in [0.25, 0.3) is 0 Å². The Bertz CT molecular complexity index is 581. The fourth-order valence-corrected chi connectivity index (χ4v) is 1.61. The molecule has 0 fully saturated rings. The first-order valence-electron chi connectivity index (χ1n) is 6.30. The Morgan fingerprint density at radius 3 is 3.05 bits per heavy atom. The molecule has 0 atom stereocenters. The van der Waals surface area contributed by atoms with Crippen molar-refractivity contribution in [1.82, 2.24) is 10.3 Å². The number of nitrogens with one attached hydrogen (secondary N) is 1. The van der Waals surface area contributed by atoms with Gasteiger partial charge in [0.15, 0.2) is 0 Å². The van der Waals surface area contributed by atoms with Crippen molar-refractivity contribution in [3.8, 4) is 5.75 Å². The number of nitrogen functional groups attached to an aromatic ring is 1. The molecule has 6 heteroatoms. The number of hydrogen-bond donors (Lipinski definition) is 2. The summed E-state index contributed by atoms with van der Waals surface area (Å²) in [7, 11) is 0. The Balaban J connectivity index is 1.67. The predicted molar refractivity (Wildman–Crippen MR) is 74.1 cm³/mol. The second kappa shape index (κ2) is 6.60. The molecule has 20 heavy (non-hydrogen) atoms. The standard InChI is InChI=1S/C14H17N3O3/c1-10-8-17-14(20-10)9-16-13(18)5-6-19-12-4-2-3-11(15)7-12/h2-4,7-8H,5-6,9,15H2,1H3,(H,16,18). The Morgan fingerprint density at radius 2 is 2.35 bits per heavy atom. The zero-order valence-corrected chi connectivity index (χ0v) is 11.3. The molecule has 0 bridgehead atoms. The fourth-order valence-electron chi connectivity index (χ4n) is 1.61. The summed E-state index contributed by atoms with van der Waals surface area (Å²) in [5.41, 5.74) is 6.26. The number of anilines is 1. The lowest BCUT2D eigenvalue weighted by molar-refractivity contribution is -0.121. The third-order valence-corrected chi connectivity index (χ3v) is 2.56. The van der Waals surface area contributed by atoms with Crippen molar-refractivity contribution in [3.63, 3.8) is 0 Å². The van der Waals surface area contributed by atoms with Gasteiger partial charge < -0.3 is 20.2 Å². The van der Waals surface area contributed by atoms with Crippen LogP contribution in [0.4, 0.5) is 5.69 Å². The molecule has 2 aromatic rings. The molecule has 2 rings (SSSR count). The van der Waals surface area contributed by atoms with E-state index in [0.29, 0.717) is 23.9 Å². The molecular weight excluding hydrogens is 258 g/mol. The van der Waals surface area contributed by atoms with E-state index in [9.17, 15) is 4.79 Å². The van der Waals surface area contributed by atoms with E-state index in [1.165, 1.54) is 0 Å². The molecule has 0 spiro atoms. The molecule has 1 aromatic carbocycles. The van der Waals surface area contributed by atoms with Gasteiger partial charge in [-0.3, -0.25) is 4.79 Å². The molecule has 6 nitrogen and oxygen atoms in total. The highest BCUT2D eigenvalue weighted by Gasteiger charge is 2.05. The third-order valence-electron chi connectivity index (χ3n) is 2.56. The highest BCUT2D eigenvalue weighted by Crippen LogP contribution is 2.14. The van der Waals surface area contributed by atoms with Crippen molar-refractivity contribution >= 4 is 11.6 Å². The van der Waals surface area contributed by atoms with Crippen LogP contribution in [0.1, 0.15) is 18.1 Å². The van der Waals surface area contributed by atoms with E-state index in [1.54, 1.807) is 37.4 Å². The summed E-state index contributed by atoms with van der Waals surface area (Å²) in [6.45, 7) is 2.38. The smallest absolute Gasteiger partial charge is 0.223 e. The molecule has 1 aromatic heterocycles. The Kier molecular flexibility index (Phi) is 4.60. The lowest BCUT2D eigenvalue weighted by Crippen LogP contribution is -2.24. The van der Waals surface area contributed by atoms with Crippen LogP contribution >= 0.6 is 0 Å². The molecule has 0 saturated heterocycles. The van der Waals surface area contributed by atoms with Gasteiger partial charge in [0.2, 0.25) is 11.8 Å². The topological polar surface area (TPSA) is 90.4 Å². The number of carbonyl (C=O) groups excluding carboxylic acids is 1. The Hall–Kier alpha value is -2.50. The second-order valence-electron chi connectivity index (χ2n) is 4.31. The molecule has 1 heterocycles. The number of nitrogens with two attached hydrogens (primary N) is 1. The molecule has 0 aliphatic heterocycles. The minimum absolute atomic E-state index is 0.121. The van der Waals surface area contributed by atoms with E-state index < -0.39 is 0 Å². The molecule has 1 amide bonds. The van der Waals surface area contributed by atoms with Crippen LogP contribution in [-0.4, -0.2) is 17.5 Å². The summed E-state index contributed by atoms with van der Waals surface area (Å²) >= 11 is 0. The van der Waals surface area contributed by atoms with Gasteiger partial charge in [0, 0.05) is 11.8 Å². The van der Waals surface area contributed by atoms with Crippen molar-refractivity contribution in [2.45, 2.75) is 19.9 Å². The van der Waals surface area contributed by atoms with Gasteiger partial charge in [-0.05, 0) is 19.1 Å². The zero-order valence-electron chi connectivity index (χ0n) is 11.3. The number of rotatable bonds is 6. The van der Waals surface area contributed by atoms with E-state index in [2.05, 4.69) is 10.3 Å². The predicted octanol–water partition coefficient (Wildman–Crippen LogP) is 1.65. The maximum Gasteiger partial charge on any atom is 0.223 e. The Morgan fingerprint density at radius 1 is 1.50 bits per heavy atom. The number of amides is 1. The first kappa shape index (κ1) is 13.9. The number of carbonyl (C=O) groups is 1. The van der Waals surface area contributed by atoms with Crippen molar-refractivity contribution < 1.29 is 13.9 Å². The fraction of sp³-hybridized carbons (Fsp3) is 0.286. The number of oxazole rings is 1. The average molecular weight is 275 g/mol. The van der Waals surface area contributed by atoms with Crippen LogP contribution in [0.2, 0.25) is 0 Å². The minimum atomic E-state index is -0.121. The summed E-state index contributed by atoms with van der Waals surface area (Å²) in [5.74, 6) is 1.75. The Labute approximate surface area is 116 Å². The van der Waals surface area contributed by atoms with Gasteiger partial charge in [-0.2, -0.15) is 0 Å². The zero-order chi connectivity index (χ0) is 14.4. The average Bonchev–Trinajstić information content (AvgIpc) is 2.82. The summed E-state index contributed by atoms with van der Waals surface area (Å²) in [6.07, 6.45) is 1.87. The summed E-state index contributed by atoms with van der Waals surface area (Å²) in [4.78, 5) is 15.6. The van der Waals surface area contributed by atoms with E-state index in [4.69, 9.17) is 14.9 Å². The van der Waals surface area contributed by atoms with Gasteiger partial charge in [0.05, 0.1) is 25.8 Å². The SMILES string of the molecule is Cc1cnc(CNC(=O)CCOc2cccc(N)c2)o1. The van der Waals surface area contributed by atoms with Crippen molar-refractivity contribution in [2.24, 2.45) is 0 Å². The van der Waals surface area contributed by atoms with Crippen LogP contribution in [0, 0.1) is 6.92 Å². The van der Waals surface area contributed by atoms with Crippen molar-refractivity contribution in [2.75, 3.05) is 12.3 Å². The molecule has 0 saturated carbocycles. The molecule has 0 unspecified atom stereocenters. The van der Waals surface area contributed by atoms with Crippen molar-refractivity contribution in [1.29, 1.82) is 0 Å². The summed E-state index contributed by atoms with van der Waals surface area (Å²) in [5, 5.41) is 2.71. The first-order chi connectivity index (χ1) is 9.63. The number of nitrogens with zero attached hydrogens (tertiary/aromatic N) is 1. The third kappa shape index (κ3) is 4.31. The monoisotopic (exact) mass is 275 g/mol. The molecular formula is C14H17N3O3. The number of aryl methyl sites for hydroxylation is 1. The van der Waals surface area contributed by atoms with Gasteiger partial charge in [-0.15, -0.1) is 0 Å². The van der Waals surface area contributed by atoms with Crippen LogP contribution in [0.15, 0.2) is 34.9 Å². The lowest BCUT2D eigenvalue weighted by Gasteiger charge is -2.06. The van der Waals surface area contributed by atoms with Gasteiger partial charge >= 0.3 is 0 Å². The molecule has 0 aliphatic rings. The second-order valence-corrected chi connectivity index (χ2v) is 4.31.